The molecule has 19 heavy (non-hydrogen) atoms. The van der Waals surface area contributed by atoms with Crippen molar-refractivity contribution < 1.29 is 13.9 Å². The zero-order valence-electron chi connectivity index (χ0n) is 10.5. The normalized spacial score (nSPS) is 10.4. The fourth-order valence-corrected chi connectivity index (χ4v) is 1.45. The summed E-state index contributed by atoms with van der Waals surface area (Å²) in [5, 5.41) is 0. The Labute approximate surface area is 110 Å². The molecule has 0 aliphatic heterocycles. The molecule has 0 aliphatic carbocycles. The number of aromatic nitrogens is 2. The Morgan fingerprint density at radius 1 is 1.26 bits per heavy atom. The molecule has 0 saturated carbocycles. The Morgan fingerprint density at radius 2 is 2.11 bits per heavy atom. The molecule has 0 fully saturated rings. The molecule has 0 amide bonds. The first-order valence-electron chi connectivity index (χ1n) is 5.82. The molecular weight excluding hydrogens is 249 g/mol. The predicted molar refractivity (Wildman–Crippen MR) is 68.2 cm³/mol. The summed E-state index contributed by atoms with van der Waals surface area (Å²) in [6.07, 6.45) is 0. The minimum atomic E-state index is -0.380. The van der Waals surface area contributed by atoms with Crippen molar-refractivity contribution in [3.8, 4) is 11.6 Å². The highest BCUT2D eigenvalue weighted by molar-refractivity contribution is 5.35. The summed E-state index contributed by atoms with van der Waals surface area (Å²) in [5.74, 6) is 0.923. The molecular formula is C13H14FN3O2. The van der Waals surface area contributed by atoms with E-state index in [0.717, 1.165) is 0 Å². The van der Waals surface area contributed by atoms with Gasteiger partial charge in [-0.25, -0.2) is 9.37 Å². The van der Waals surface area contributed by atoms with E-state index in [1.54, 1.807) is 12.1 Å². The minimum Gasteiger partial charge on any atom is -0.439 e. The van der Waals surface area contributed by atoms with Crippen LogP contribution in [-0.2, 0) is 11.3 Å². The third-order valence-corrected chi connectivity index (χ3v) is 2.22. The van der Waals surface area contributed by atoms with Gasteiger partial charge >= 0.3 is 0 Å². The Bertz CT molecular complexity index is 563. The number of rotatable bonds is 5. The highest BCUT2D eigenvalue weighted by Gasteiger charge is 2.05. The Kier molecular flexibility index (Phi) is 4.25. The van der Waals surface area contributed by atoms with Gasteiger partial charge in [-0.3, -0.25) is 0 Å². The first-order chi connectivity index (χ1) is 9.17. The molecule has 2 rings (SSSR count). The lowest BCUT2D eigenvalue weighted by atomic mass is 10.3. The van der Waals surface area contributed by atoms with E-state index in [9.17, 15) is 4.39 Å². The maximum atomic E-state index is 13.0. The molecule has 0 saturated heterocycles. The van der Waals surface area contributed by atoms with Crippen molar-refractivity contribution in [2.45, 2.75) is 13.5 Å². The number of benzene rings is 1. The van der Waals surface area contributed by atoms with Crippen molar-refractivity contribution in [2.75, 3.05) is 12.3 Å². The van der Waals surface area contributed by atoms with E-state index < -0.39 is 0 Å². The van der Waals surface area contributed by atoms with Crippen molar-refractivity contribution in [3.05, 3.63) is 42.0 Å². The standard InChI is InChI=1S/C13H14FN3O2/c1-2-18-8-12-16-11(15)7-13(17-12)19-10-5-3-4-9(14)6-10/h3-7H,2,8H2,1H3,(H2,15,16,17). The molecule has 2 aromatic rings. The highest BCUT2D eigenvalue weighted by Crippen LogP contribution is 2.21. The fourth-order valence-electron chi connectivity index (χ4n) is 1.45. The molecule has 1 heterocycles. The van der Waals surface area contributed by atoms with Crippen LogP contribution in [0.25, 0.3) is 0 Å². The average Bonchev–Trinajstić information content (AvgIpc) is 2.35. The second-order valence-corrected chi connectivity index (χ2v) is 3.74. The molecule has 0 radical (unpaired) electrons. The molecule has 2 N–H and O–H groups in total. The molecule has 6 heteroatoms. The predicted octanol–water partition coefficient (Wildman–Crippen LogP) is 2.53. The molecule has 0 aliphatic rings. The van der Waals surface area contributed by atoms with Crippen LogP contribution in [0, 0.1) is 5.82 Å². The van der Waals surface area contributed by atoms with Crippen molar-refractivity contribution in [2.24, 2.45) is 0 Å². The first kappa shape index (κ1) is 13.2. The van der Waals surface area contributed by atoms with Gasteiger partial charge in [-0.2, -0.15) is 4.98 Å². The van der Waals surface area contributed by atoms with Gasteiger partial charge in [-0.15, -0.1) is 0 Å². The molecule has 5 nitrogen and oxygen atoms in total. The summed E-state index contributed by atoms with van der Waals surface area (Å²) in [4.78, 5) is 8.15. The highest BCUT2D eigenvalue weighted by atomic mass is 19.1. The summed E-state index contributed by atoms with van der Waals surface area (Å²) in [6, 6.07) is 7.25. The van der Waals surface area contributed by atoms with Gasteiger partial charge in [0.15, 0.2) is 5.82 Å². The molecule has 0 spiro atoms. The first-order valence-corrected chi connectivity index (χ1v) is 5.82. The zero-order valence-corrected chi connectivity index (χ0v) is 10.5. The third kappa shape index (κ3) is 3.89. The summed E-state index contributed by atoms with van der Waals surface area (Å²) in [5.41, 5.74) is 5.65. The lowest BCUT2D eigenvalue weighted by molar-refractivity contribution is 0.128. The van der Waals surface area contributed by atoms with Gasteiger partial charge in [0.05, 0.1) is 0 Å². The summed E-state index contributed by atoms with van der Waals surface area (Å²) in [7, 11) is 0. The van der Waals surface area contributed by atoms with Gasteiger partial charge < -0.3 is 15.2 Å². The lowest BCUT2D eigenvalue weighted by Gasteiger charge is -2.07. The lowest BCUT2D eigenvalue weighted by Crippen LogP contribution is -2.03. The van der Waals surface area contributed by atoms with E-state index >= 15 is 0 Å². The molecule has 0 atom stereocenters. The number of nitrogen functional groups attached to an aromatic ring is 1. The second kappa shape index (κ2) is 6.10. The smallest absolute Gasteiger partial charge is 0.224 e. The van der Waals surface area contributed by atoms with Crippen molar-refractivity contribution >= 4 is 5.82 Å². The fraction of sp³-hybridized carbons (Fsp3) is 0.231. The summed E-state index contributed by atoms with van der Waals surface area (Å²) >= 11 is 0. The van der Waals surface area contributed by atoms with E-state index in [0.29, 0.717) is 18.2 Å². The van der Waals surface area contributed by atoms with E-state index in [1.165, 1.54) is 18.2 Å². The van der Waals surface area contributed by atoms with Gasteiger partial charge in [0.1, 0.15) is 24.0 Å². The molecule has 0 bridgehead atoms. The molecule has 0 unspecified atom stereocenters. The summed E-state index contributed by atoms with van der Waals surface area (Å²) in [6.45, 7) is 2.68. The Balaban J connectivity index is 2.17. The Hall–Kier alpha value is -2.21. The van der Waals surface area contributed by atoms with Crippen LogP contribution in [0.2, 0.25) is 0 Å². The largest absolute Gasteiger partial charge is 0.439 e. The van der Waals surface area contributed by atoms with Crippen LogP contribution in [0.15, 0.2) is 30.3 Å². The SMILES string of the molecule is CCOCc1nc(N)cc(Oc2cccc(F)c2)n1. The summed E-state index contributed by atoms with van der Waals surface area (Å²) < 4.78 is 23.7. The van der Waals surface area contributed by atoms with Gasteiger partial charge in [0, 0.05) is 18.7 Å². The van der Waals surface area contributed by atoms with Crippen LogP contribution in [0.5, 0.6) is 11.6 Å². The van der Waals surface area contributed by atoms with E-state index in [-0.39, 0.29) is 24.1 Å². The van der Waals surface area contributed by atoms with Gasteiger partial charge in [-0.1, -0.05) is 6.07 Å². The number of nitrogens with zero attached hydrogens (tertiary/aromatic N) is 2. The number of halogens is 1. The van der Waals surface area contributed by atoms with Crippen LogP contribution >= 0.6 is 0 Å². The van der Waals surface area contributed by atoms with Gasteiger partial charge in [0.25, 0.3) is 0 Å². The number of nitrogens with two attached hydrogens (primary N) is 1. The topological polar surface area (TPSA) is 70.3 Å². The van der Waals surface area contributed by atoms with Crippen molar-refractivity contribution in [1.29, 1.82) is 0 Å². The van der Waals surface area contributed by atoms with E-state index in [2.05, 4.69) is 9.97 Å². The van der Waals surface area contributed by atoms with Crippen LogP contribution in [0.1, 0.15) is 12.7 Å². The Morgan fingerprint density at radius 3 is 2.84 bits per heavy atom. The van der Waals surface area contributed by atoms with Crippen LogP contribution in [0.3, 0.4) is 0 Å². The third-order valence-electron chi connectivity index (χ3n) is 2.22. The van der Waals surface area contributed by atoms with Crippen LogP contribution < -0.4 is 10.5 Å². The van der Waals surface area contributed by atoms with Gasteiger partial charge in [-0.05, 0) is 19.1 Å². The van der Waals surface area contributed by atoms with Crippen molar-refractivity contribution in [1.82, 2.24) is 9.97 Å². The van der Waals surface area contributed by atoms with Crippen molar-refractivity contribution in [3.63, 3.8) is 0 Å². The maximum absolute atomic E-state index is 13.0. The average molecular weight is 263 g/mol. The van der Waals surface area contributed by atoms with E-state index in [1.807, 2.05) is 6.92 Å². The molecule has 1 aromatic heterocycles. The zero-order chi connectivity index (χ0) is 13.7. The quantitative estimate of drug-likeness (QED) is 0.897. The number of hydrogen-bond acceptors (Lipinski definition) is 5. The maximum Gasteiger partial charge on any atom is 0.224 e. The second-order valence-electron chi connectivity index (χ2n) is 3.74. The van der Waals surface area contributed by atoms with E-state index in [4.69, 9.17) is 15.2 Å². The monoisotopic (exact) mass is 263 g/mol. The molecule has 1 aromatic carbocycles. The minimum absolute atomic E-state index is 0.251. The molecule has 100 valence electrons. The van der Waals surface area contributed by atoms with Gasteiger partial charge in [0.2, 0.25) is 5.88 Å². The van der Waals surface area contributed by atoms with Crippen LogP contribution in [0.4, 0.5) is 10.2 Å². The van der Waals surface area contributed by atoms with Crippen LogP contribution in [-0.4, -0.2) is 16.6 Å². The number of anilines is 1. The number of hydrogen-bond donors (Lipinski definition) is 1. The number of ether oxygens (including phenoxy) is 2.